The Morgan fingerprint density at radius 1 is 1.29 bits per heavy atom. The van der Waals surface area contributed by atoms with Gasteiger partial charge in [0.25, 0.3) is 0 Å². The van der Waals surface area contributed by atoms with Crippen molar-refractivity contribution in [3.8, 4) is 6.07 Å². The smallest absolute Gasteiger partial charge is 0.151 e. The minimum Gasteiger partial charge on any atom is -0.290 e. The Morgan fingerprint density at radius 2 is 1.93 bits per heavy atom. The van der Waals surface area contributed by atoms with E-state index in [0.717, 1.165) is 13.0 Å². The van der Waals surface area contributed by atoms with Gasteiger partial charge in [0, 0.05) is 12.3 Å². The number of nitrogens with zero attached hydrogens (tertiary/aromatic N) is 2. The Kier molecular flexibility index (Phi) is 6.50. The third-order valence-electron chi connectivity index (χ3n) is 1.99. The maximum atomic E-state index is 11.2. The zero-order valence-corrected chi connectivity index (χ0v) is 9.68. The van der Waals surface area contributed by atoms with E-state index in [2.05, 4.69) is 0 Å². The third-order valence-corrected chi connectivity index (χ3v) is 3.68. The van der Waals surface area contributed by atoms with Gasteiger partial charge in [0.1, 0.15) is 0 Å². The molecule has 5 heteroatoms. The molecule has 82 valence electrons. The fraction of sp³-hybridized carbons (Fsp3) is 0.889. The summed E-state index contributed by atoms with van der Waals surface area (Å²) in [6.07, 6.45) is 0.938. The molecular formula is C9H18N2O2S. The highest BCUT2D eigenvalue weighted by Crippen LogP contribution is 1.95. The van der Waals surface area contributed by atoms with Gasteiger partial charge in [0.2, 0.25) is 0 Å². The zero-order valence-electron chi connectivity index (χ0n) is 8.86. The molecule has 0 atom stereocenters. The molecule has 14 heavy (non-hydrogen) atoms. The van der Waals surface area contributed by atoms with Gasteiger partial charge in [-0.05, 0) is 13.0 Å². The molecule has 0 N–H and O–H groups in total. The number of rotatable bonds is 7. The van der Waals surface area contributed by atoms with Gasteiger partial charge >= 0.3 is 0 Å². The van der Waals surface area contributed by atoms with Crippen LogP contribution in [-0.2, 0) is 9.84 Å². The normalized spacial score (nSPS) is 11.6. The molecule has 0 aromatic carbocycles. The van der Waals surface area contributed by atoms with Crippen LogP contribution in [0.25, 0.3) is 0 Å². The average molecular weight is 218 g/mol. The Balaban J connectivity index is 4.00. The molecule has 0 aromatic rings. The van der Waals surface area contributed by atoms with Crippen LogP contribution in [0.1, 0.15) is 20.3 Å². The second-order valence-corrected chi connectivity index (χ2v) is 5.64. The van der Waals surface area contributed by atoms with Crippen molar-refractivity contribution in [1.29, 1.82) is 5.26 Å². The SMILES string of the molecule is CCCN(CC#N)CCS(=O)(=O)CC. The molecule has 0 amide bonds. The lowest BCUT2D eigenvalue weighted by molar-refractivity contribution is 0.324. The standard InChI is InChI=1S/C9H18N2O2S/c1-3-6-11(7-5-10)8-9-14(12,13)4-2/h3-4,6-9H2,1-2H3. The fourth-order valence-corrected chi connectivity index (χ4v) is 1.92. The molecule has 0 spiro atoms. The quantitative estimate of drug-likeness (QED) is 0.589. The van der Waals surface area contributed by atoms with Crippen molar-refractivity contribution in [2.75, 3.05) is 31.1 Å². The van der Waals surface area contributed by atoms with Gasteiger partial charge in [-0.15, -0.1) is 0 Å². The largest absolute Gasteiger partial charge is 0.290 e. The van der Waals surface area contributed by atoms with E-state index in [-0.39, 0.29) is 11.5 Å². The van der Waals surface area contributed by atoms with Gasteiger partial charge in [-0.2, -0.15) is 5.26 Å². The summed E-state index contributed by atoms with van der Waals surface area (Å²) in [5.74, 6) is 0.338. The highest BCUT2D eigenvalue weighted by Gasteiger charge is 2.10. The van der Waals surface area contributed by atoms with Crippen molar-refractivity contribution in [1.82, 2.24) is 4.90 Å². The van der Waals surface area contributed by atoms with Crippen molar-refractivity contribution in [3.63, 3.8) is 0 Å². The fourth-order valence-electron chi connectivity index (χ4n) is 1.10. The van der Waals surface area contributed by atoms with Gasteiger partial charge in [0.15, 0.2) is 9.84 Å². The maximum Gasteiger partial charge on any atom is 0.151 e. The first-order valence-corrected chi connectivity index (χ1v) is 6.67. The molecule has 0 aliphatic heterocycles. The summed E-state index contributed by atoms with van der Waals surface area (Å²) in [6.45, 7) is 5.22. The molecular weight excluding hydrogens is 200 g/mol. The van der Waals surface area contributed by atoms with E-state index < -0.39 is 9.84 Å². The number of hydrogen-bond donors (Lipinski definition) is 0. The van der Waals surface area contributed by atoms with Crippen molar-refractivity contribution < 1.29 is 8.42 Å². The first-order chi connectivity index (χ1) is 6.55. The zero-order chi connectivity index (χ0) is 11.0. The minimum absolute atomic E-state index is 0.158. The van der Waals surface area contributed by atoms with E-state index >= 15 is 0 Å². The molecule has 0 rings (SSSR count). The van der Waals surface area contributed by atoms with Crippen LogP contribution in [0.5, 0.6) is 0 Å². The van der Waals surface area contributed by atoms with Gasteiger partial charge in [-0.25, -0.2) is 8.42 Å². The second kappa shape index (κ2) is 6.80. The number of hydrogen-bond acceptors (Lipinski definition) is 4. The van der Waals surface area contributed by atoms with Gasteiger partial charge in [-0.1, -0.05) is 13.8 Å². The number of nitriles is 1. The summed E-state index contributed by atoms with van der Waals surface area (Å²) in [5.41, 5.74) is 0. The summed E-state index contributed by atoms with van der Waals surface area (Å²) in [4.78, 5) is 1.87. The van der Waals surface area contributed by atoms with E-state index in [1.165, 1.54) is 0 Å². The van der Waals surface area contributed by atoms with E-state index in [4.69, 9.17) is 5.26 Å². The predicted molar refractivity (Wildman–Crippen MR) is 56.7 cm³/mol. The van der Waals surface area contributed by atoms with Gasteiger partial charge < -0.3 is 0 Å². The van der Waals surface area contributed by atoms with Crippen LogP contribution in [-0.4, -0.2) is 44.5 Å². The molecule has 0 bridgehead atoms. The molecule has 0 radical (unpaired) electrons. The van der Waals surface area contributed by atoms with Crippen LogP contribution in [0.4, 0.5) is 0 Å². The lowest BCUT2D eigenvalue weighted by Gasteiger charge is -2.17. The van der Waals surface area contributed by atoms with Crippen LogP contribution < -0.4 is 0 Å². The van der Waals surface area contributed by atoms with Crippen molar-refractivity contribution >= 4 is 9.84 Å². The first-order valence-electron chi connectivity index (χ1n) is 4.85. The van der Waals surface area contributed by atoms with E-state index in [9.17, 15) is 8.42 Å². The average Bonchev–Trinajstić information content (AvgIpc) is 2.15. The molecule has 0 heterocycles. The topological polar surface area (TPSA) is 61.2 Å². The Morgan fingerprint density at radius 3 is 2.36 bits per heavy atom. The lowest BCUT2D eigenvalue weighted by atomic mass is 10.4. The van der Waals surface area contributed by atoms with Gasteiger partial charge in [-0.3, -0.25) is 4.90 Å². The van der Waals surface area contributed by atoms with Crippen LogP contribution in [0.15, 0.2) is 0 Å². The maximum absolute atomic E-state index is 11.2. The highest BCUT2D eigenvalue weighted by atomic mass is 32.2. The highest BCUT2D eigenvalue weighted by molar-refractivity contribution is 7.91. The molecule has 0 unspecified atom stereocenters. The van der Waals surface area contributed by atoms with Crippen LogP contribution in [0.3, 0.4) is 0 Å². The van der Waals surface area contributed by atoms with E-state index in [0.29, 0.717) is 13.1 Å². The van der Waals surface area contributed by atoms with Gasteiger partial charge in [0.05, 0.1) is 18.4 Å². The molecule has 4 nitrogen and oxygen atoms in total. The molecule has 0 saturated carbocycles. The van der Waals surface area contributed by atoms with Crippen molar-refractivity contribution in [3.05, 3.63) is 0 Å². The monoisotopic (exact) mass is 218 g/mol. The lowest BCUT2D eigenvalue weighted by Crippen LogP contribution is -2.31. The predicted octanol–water partition coefficient (Wildman–Crippen LogP) is 0.657. The summed E-state index contributed by atoms with van der Waals surface area (Å²) in [6, 6.07) is 2.04. The van der Waals surface area contributed by atoms with E-state index in [1.54, 1.807) is 6.92 Å². The Hall–Kier alpha value is -0.600. The van der Waals surface area contributed by atoms with Crippen LogP contribution >= 0.6 is 0 Å². The first kappa shape index (κ1) is 13.4. The van der Waals surface area contributed by atoms with Crippen molar-refractivity contribution in [2.45, 2.75) is 20.3 Å². The van der Waals surface area contributed by atoms with E-state index in [1.807, 2.05) is 17.9 Å². The Labute approximate surface area is 86.4 Å². The van der Waals surface area contributed by atoms with Crippen LogP contribution in [0, 0.1) is 11.3 Å². The summed E-state index contributed by atoms with van der Waals surface area (Å²) in [5, 5.41) is 8.51. The Bertz CT molecular complexity index is 280. The minimum atomic E-state index is -2.90. The third kappa shape index (κ3) is 5.95. The molecule has 0 aromatic heterocycles. The molecule has 0 fully saturated rings. The summed E-state index contributed by atoms with van der Waals surface area (Å²) < 4.78 is 22.4. The molecule has 0 aliphatic rings. The number of sulfone groups is 1. The van der Waals surface area contributed by atoms with Crippen molar-refractivity contribution in [2.24, 2.45) is 0 Å². The van der Waals surface area contributed by atoms with Crippen LogP contribution in [0.2, 0.25) is 0 Å². The molecule has 0 saturated heterocycles. The second-order valence-electron chi connectivity index (χ2n) is 3.17. The molecule has 0 aliphatic carbocycles. The summed E-state index contributed by atoms with van der Waals surface area (Å²) in [7, 11) is -2.90. The summed E-state index contributed by atoms with van der Waals surface area (Å²) >= 11 is 0.